The van der Waals surface area contributed by atoms with Crippen LogP contribution in [0.3, 0.4) is 0 Å². The summed E-state index contributed by atoms with van der Waals surface area (Å²) in [6.45, 7) is 3.22. The van der Waals surface area contributed by atoms with E-state index < -0.39 is 5.82 Å². The fraction of sp³-hybridized carbons (Fsp3) is 0.308. The number of aryl methyl sites for hydroxylation is 2. The molecule has 3 heterocycles. The van der Waals surface area contributed by atoms with Crippen LogP contribution in [0.4, 0.5) is 8.78 Å². The fourth-order valence-corrected chi connectivity index (χ4v) is 4.59. The Labute approximate surface area is 196 Å². The highest BCUT2D eigenvalue weighted by Crippen LogP contribution is 2.30. The van der Waals surface area contributed by atoms with Crippen molar-refractivity contribution in [3.8, 4) is 11.1 Å². The first-order chi connectivity index (χ1) is 16.4. The summed E-state index contributed by atoms with van der Waals surface area (Å²) >= 11 is 0. The van der Waals surface area contributed by atoms with Crippen LogP contribution in [0.15, 0.2) is 48.9 Å². The molecule has 34 heavy (non-hydrogen) atoms. The molecule has 1 N–H and O–H groups in total. The Bertz CT molecular complexity index is 1370. The molecular formula is C26H26F2N4O2. The van der Waals surface area contributed by atoms with Crippen LogP contribution < -0.4 is 5.32 Å². The number of aromatic nitrogens is 3. The summed E-state index contributed by atoms with van der Waals surface area (Å²) in [6.07, 6.45) is 6.58. The van der Waals surface area contributed by atoms with Gasteiger partial charge in [0.15, 0.2) is 0 Å². The van der Waals surface area contributed by atoms with Gasteiger partial charge in [0.1, 0.15) is 11.6 Å². The molecule has 176 valence electrons. The van der Waals surface area contributed by atoms with Gasteiger partial charge in [-0.1, -0.05) is 18.2 Å². The Kier molecular flexibility index (Phi) is 5.91. The molecule has 6 nitrogen and oxygen atoms in total. The van der Waals surface area contributed by atoms with Crippen molar-refractivity contribution < 1.29 is 18.3 Å². The van der Waals surface area contributed by atoms with E-state index in [0.717, 1.165) is 29.5 Å². The van der Waals surface area contributed by atoms with Gasteiger partial charge >= 0.3 is 0 Å². The van der Waals surface area contributed by atoms with Gasteiger partial charge in [-0.05, 0) is 43.0 Å². The van der Waals surface area contributed by atoms with Crippen molar-refractivity contribution in [2.75, 3.05) is 13.2 Å². The first-order valence-electron chi connectivity index (χ1n) is 11.3. The molecule has 1 fully saturated rings. The van der Waals surface area contributed by atoms with E-state index >= 15 is 4.39 Å². The molecule has 8 heteroatoms. The van der Waals surface area contributed by atoms with Gasteiger partial charge in [0.25, 0.3) is 5.91 Å². The summed E-state index contributed by atoms with van der Waals surface area (Å²) in [5.74, 6) is -1.16. The number of amides is 1. The number of ether oxygens (including phenoxy) is 1. The normalized spacial score (nSPS) is 14.6. The minimum absolute atomic E-state index is 0.00927. The van der Waals surface area contributed by atoms with Crippen LogP contribution in [0.2, 0.25) is 0 Å². The Morgan fingerprint density at radius 1 is 1.12 bits per heavy atom. The lowest BCUT2D eigenvalue weighted by molar-refractivity contribution is 0.0697. The van der Waals surface area contributed by atoms with Gasteiger partial charge in [-0.15, -0.1) is 0 Å². The Morgan fingerprint density at radius 2 is 1.91 bits per heavy atom. The smallest absolute Gasteiger partial charge is 0.253 e. The molecule has 0 bridgehead atoms. The molecule has 0 radical (unpaired) electrons. The lowest BCUT2D eigenvalue weighted by atomic mass is 10.1. The molecule has 2 aromatic carbocycles. The summed E-state index contributed by atoms with van der Waals surface area (Å²) in [5, 5.41) is 7.41. The zero-order chi connectivity index (χ0) is 23.8. The highest BCUT2D eigenvalue weighted by molar-refractivity contribution is 6.08. The number of fused-ring (bicyclic) bond motifs is 1. The lowest BCUT2D eigenvalue weighted by Crippen LogP contribution is -2.38. The number of nitrogens with zero attached hydrogens (tertiary/aromatic N) is 3. The van der Waals surface area contributed by atoms with Gasteiger partial charge in [-0.2, -0.15) is 5.10 Å². The predicted octanol–water partition coefficient (Wildman–Crippen LogP) is 4.59. The molecule has 0 saturated carbocycles. The van der Waals surface area contributed by atoms with Crippen molar-refractivity contribution in [3.05, 3.63) is 77.2 Å². The Balaban J connectivity index is 1.50. The Morgan fingerprint density at radius 3 is 2.62 bits per heavy atom. The largest absolute Gasteiger partial charge is 0.381 e. The van der Waals surface area contributed by atoms with E-state index in [1.807, 2.05) is 26.2 Å². The molecule has 1 saturated heterocycles. The van der Waals surface area contributed by atoms with Crippen molar-refractivity contribution in [1.29, 1.82) is 0 Å². The van der Waals surface area contributed by atoms with Gasteiger partial charge in [-0.25, -0.2) is 8.78 Å². The molecule has 1 aliphatic heterocycles. The first-order valence-corrected chi connectivity index (χ1v) is 11.3. The molecule has 0 atom stereocenters. The number of nitrogens with one attached hydrogen (secondary N) is 1. The number of carbonyl (C=O) groups excluding carboxylic acids is 1. The summed E-state index contributed by atoms with van der Waals surface area (Å²) < 4.78 is 38.8. The number of halogens is 2. The maximum Gasteiger partial charge on any atom is 0.253 e. The third-order valence-corrected chi connectivity index (χ3v) is 6.40. The minimum atomic E-state index is -0.469. The third kappa shape index (κ3) is 4.21. The van der Waals surface area contributed by atoms with E-state index in [2.05, 4.69) is 10.4 Å². The molecule has 4 aromatic rings. The monoisotopic (exact) mass is 464 g/mol. The second-order valence-electron chi connectivity index (χ2n) is 8.83. The van der Waals surface area contributed by atoms with Crippen LogP contribution >= 0.6 is 0 Å². The van der Waals surface area contributed by atoms with Crippen LogP contribution in [0, 0.1) is 18.6 Å². The molecule has 1 aliphatic rings. The topological polar surface area (TPSA) is 61.1 Å². The third-order valence-electron chi connectivity index (χ3n) is 6.40. The van der Waals surface area contributed by atoms with Crippen LogP contribution in [-0.4, -0.2) is 39.5 Å². The maximum absolute atomic E-state index is 15.1. The molecule has 1 amide bonds. The maximum atomic E-state index is 15.1. The molecule has 0 unspecified atom stereocenters. The van der Waals surface area contributed by atoms with Crippen LogP contribution in [0.25, 0.3) is 22.0 Å². The molecule has 0 spiro atoms. The van der Waals surface area contributed by atoms with Gasteiger partial charge in [0, 0.05) is 55.2 Å². The van der Waals surface area contributed by atoms with Crippen molar-refractivity contribution in [3.63, 3.8) is 0 Å². The minimum Gasteiger partial charge on any atom is -0.381 e. The predicted molar refractivity (Wildman–Crippen MR) is 126 cm³/mol. The van der Waals surface area contributed by atoms with E-state index in [1.165, 1.54) is 12.1 Å². The van der Waals surface area contributed by atoms with E-state index in [-0.39, 0.29) is 35.3 Å². The average Bonchev–Trinajstić information content (AvgIpc) is 3.43. The van der Waals surface area contributed by atoms with Gasteiger partial charge in [0.2, 0.25) is 0 Å². The first kappa shape index (κ1) is 22.3. The second kappa shape index (κ2) is 9.02. The van der Waals surface area contributed by atoms with Gasteiger partial charge in [0.05, 0.1) is 23.8 Å². The molecule has 2 aromatic heterocycles. The quantitative estimate of drug-likeness (QED) is 0.470. The number of hydrogen-bond acceptors (Lipinski definition) is 3. The van der Waals surface area contributed by atoms with E-state index in [1.54, 1.807) is 33.8 Å². The second-order valence-corrected chi connectivity index (χ2v) is 8.83. The molecule has 0 aliphatic carbocycles. The fourth-order valence-electron chi connectivity index (χ4n) is 4.59. The van der Waals surface area contributed by atoms with Crippen molar-refractivity contribution >= 4 is 16.8 Å². The van der Waals surface area contributed by atoms with E-state index in [4.69, 9.17) is 4.74 Å². The average molecular weight is 465 g/mol. The number of rotatable bonds is 5. The number of benzene rings is 2. The summed E-state index contributed by atoms with van der Waals surface area (Å²) in [4.78, 5) is 13.1. The van der Waals surface area contributed by atoms with Crippen LogP contribution in [0.1, 0.15) is 34.3 Å². The van der Waals surface area contributed by atoms with Crippen LogP contribution in [-0.2, 0) is 18.3 Å². The van der Waals surface area contributed by atoms with E-state index in [0.29, 0.717) is 24.3 Å². The summed E-state index contributed by atoms with van der Waals surface area (Å²) in [5.41, 5.74) is 3.66. The number of carbonyl (C=O) groups is 1. The van der Waals surface area contributed by atoms with Crippen molar-refractivity contribution in [1.82, 2.24) is 19.7 Å². The molecule has 5 rings (SSSR count). The van der Waals surface area contributed by atoms with Crippen molar-refractivity contribution in [2.24, 2.45) is 7.05 Å². The highest BCUT2D eigenvalue weighted by atomic mass is 19.1. The highest BCUT2D eigenvalue weighted by Gasteiger charge is 2.23. The van der Waals surface area contributed by atoms with Gasteiger partial charge in [-0.3, -0.25) is 9.48 Å². The zero-order valence-corrected chi connectivity index (χ0v) is 19.1. The van der Waals surface area contributed by atoms with Crippen molar-refractivity contribution in [2.45, 2.75) is 32.4 Å². The summed E-state index contributed by atoms with van der Waals surface area (Å²) in [6, 6.07) is 8.08. The van der Waals surface area contributed by atoms with Crippen LogP contribution in [0.5, 0.6) is 0 Å². The zero-order valence-electron chi connectivity index (χ0n) is 19.1. The Hall–Kier alpha value is -3.52. The van der Waals surface area contributed by atoms with Gasteiger partial charge < -0.3 is 14.6 Å². The molecular weight excluding hydrogens is 438 g/mol. The van der Waals surface area contributed by atoms with E-state index in [9.17, 15) is 9.18 Å². The number of hydrogen-bond donors (Lipinski definition) is 1. The SMILES string of the molecule is Cc1ccc(F)c2c(C(=O)NC3CCOCC3)cn(Cc3ccc(-c4cnn(C)c4)cc3F)c12. The standard InChI is InChI=1S/C26H26F2N4O2/c1-16-3-6-22(27)24-21(26(33)30-20-7-9-34-10-8-20)15-32(25(16)24)14-18-5-4-17(11-23(18)28)19-12-29-31(2)13-19/h3-6,11-13,15,20H,7-10,14H2,1-2H3,(H,30,33). The lowest BCUT2D eigenvalue weighted by Gasteiger charge is -2.23. The summed E-state index contributed by atoms with van der Waals surface area (Å²) in [7, 11) is 1.81.